The van der Waals surface area contributed by atoms with Crippen LogP contribution in [0, 0.1) is 0 Å². The topological polar surface area (TPSA) is 83.1 Å². The number of hydrogen-bond acceptors (Lipinski definition) is 4. The van der Waals surface area contributed by atoms with E-state index in [2.05, 4.69) is 27.0 Å². The molecule has 2 aromatic rings. The SMILES string of the molecule is O=C(NC(Cc1ccccc1)C(=O)NCC1=CCNCC1)c1cccnc1. The van der Waals surface area contributed by atoms with Gasteiger partial charge in [0.15, 0.2) is 0 Å². The zero-order valence-corrected chi connectivity index (χ0v) is 15.2. The van der Waals surface area contributed by atoms with Gasteiger partial charge in [-0.2, -0.15) is 0 Å². The molecule has 1 aromatic heterocycles. The summed E-state index contributed by atoms with van der Waals surface area (Å²) in [6.07, 6.45) is 6.56. The van der Waals surface area contributed by atoms with Crippen molar-refractivity contribution in [1.29, 1.82) is 0 Å². The van der Waals surface area contributed by atoms with Crippen LogP contribution in [0.1, 0.15) is 22.3 Å². The number of amides is 2. The van der Waals surface area contributed by atoms with E-state index in [0.717, 1.165) is 25.1 Å². The van der Waals surface area contributed by atoms with E-state index in [1.165, 1.54) is 11.8 Å². The molecular weight excluding hydrogens is 340 g/mol. The molecule has 0 radical (unpaired) electrons. The lowest BCUT2D eigenvalue weighted by Gasteiger charge is -2.20. The molecule has 6 heteroatoms. The Morgan fingerprint density at radius 1 is 1.15 bits per heavy atom. The van der Waals surface area contributed by atoms with Crippen LogP contribution < -0.4 is 16.0 Å². The fraction of sp³-hybridized carbons (Fsp3) is 0.286. The van der Waals surface area contributed by atoms with Gasteiger partial charge in [-0.3, -0.25) is 14.6 Å². The van der Waals surface area contributed by atoms with Crippen molar-refractivity contribution in [2.75, 3.05) is 19.6 Å². The number of carbonyl (C=O) groups is 2. The molecular formula is C21H24N4O2. The Labute approximate surface area is 159 Å². The monoisotopic (exact) mass is 364 g/mol. The van der Waals surface area contributed by atoms with E-state index in [1.54, 1.807) is 18.3 Å². The predicted molar refractivity (Wildman–Crippen MR) is 104 cm³/mol. The summed E-state index contributed by atoms with van der Waals surface area (Å²) in [6.45, 7) is 2.26. The molecule has 2 heterocycles. The Kier molecular flexibility index (Phi) is 6.71. The van der Waals surface area contributed by atoms with Crippen molar-refractivity contribution in [3.05, 3.63) is 77.6 Å². The van der Waals surface area contributed by atoms with Crippen molar-refractivity contribution in [3.8, 4) is 0 Å². The maximum Gasteiger partial charge on any atom is 0.253 e. The summed E-state index contributed by atoms with van der Waals surface area (Å²) in [5.74, 6) is -0.490. The third kappa shape index (κ3) is 5.76. The van der Waals surface area contributed by atoms with E-state index in [0.29, 0.717) is 18.5 Å². The van der Waals surface area contributed by atoms with E-state index < -0.39 is 6.04 Å². The molecule has 0 aliphatic carbocycles. The first-order valence-corrected chi connectivity index (χ1v) is 9.13. The van der Waals surface area contributed by atoms with Crippen molar-refractivity contribution in [2.45, 2.75) is 18.9 Å². The molecule has 0 spiro atoms. The number of nitrogens with one attached hydrogen (secondary N) is 3. The third-order valence-electron chi connectivity index (χ3n) is 4.48. The minimum atomic E-state index is -0.651. The molecule has 1 aliphatic rings. The average Bonchev–Trinajstić information content (AvgIpc) is 2.73. The van der Waals surface area contributed by atoms with Crippen LogP contribution in [0.2, 0.25) is 0 Å². The summed E-state index contributed by atoms with van der Waals surface area (Å²) in [5, 5.41) is 9.06. The summed E-state index contributed by atoms with van der Waals surface area (Å²) in [5.41, 5.74) is 2.63. The standard InChI is InChI=1S/C21H24N4O2/c26-20(18-7-4-10-23-15-18)25-19(13-16-5-2-1-3-6-16)21(27)24-14-17-8-11-22-12-9-17/h1-8,10,15,19,22H,9,11-14H2,(H,24,27)(H,25,26). The van der Waals surface area contributed by atoms with Crippen LogP contribution in [0.3, 0.4) is 0 Å². The molecule has 1 unspecified atom stereocenters. The normalized spacial score (nSPS) is 14.7. The van der Waals surface area contributed by atoms with Crippen LogP contribution >= 0.6 is 0 Å². The molecule has 1 aliphatic heterocycles. The van der Waals surface area contributed by atoms with Gasteiger partial charge >= 0.3 is 0 Å². The number of hydrogen-bond donors (Lipinski definition) is 3. The van der Waals surface area contributed by atoms with Crippen molar-refractivity contribution < 1.29 is 9.59 Å². The van der Waals surface area contributed by atoms with E-state index in [4.69, 9.17) is 0 Å². The zero-order valence-electron chi connectivity index (χ0n) is 15.2. The van der Waals surface area contributed by atoms with Crippen LogP contribution in [0.4, 0.5) is 0 Å². The quantitative estimate of drug-likeness (QED) is 0.650. The maximum atomic E-state index is 12.8. The molecule has 2 amide bonds. The lowest BCUT2D eigenvalue weighted by molar-refractivity contribution is -0.122. The van der Waals surface area contributed by atoms with Gasteiger partial charge in [-0.15, -0.1) is 0 Å². The minimum absolute atomic E-state index is 0.185. The maximum absolute atomic E-state index is 12.8. The second-order valence-electron chi connectivity index (χ2n) is 6.49. The average molecular weight is 364 g/mol. The third-order valence-corrected chi connectivity index (χ3v) is 4.48. The highest BCUT2D eigenvalue weighted by molar-refractivity contribution is 5.97. The highest BCUT2D eigenvalue weighted by Crippen LogP contribution is 2.07. The number of rotatable bonds is 7. The molecule has 0 fully saturated rings. The summed E-state index contributed by atoms with van der Waals surface area (Å²) in [6, 6.07) is 12.4. The molecule has 3 N–H and O–H groups in total. The fourth-order valence-corrected chi connectivity index (χ4v) is 2.95. The van der Waals surface area contributed by atoms with Crippen LogP contribution in [0.5, 0.6) is 0 Å². The molecule has 1 aromatic carbocycles. The first-order valence-electron chi connectivity index (χ1n) is 9.13. The number of carbonyl (C=O) groups excluding carboxylic acids is 2. The summed E-state index contributed by atoms with van der Waals surface area (Å²) in [7, 11) is 0. The Hall–Kier alpha value is -2.99. The molecule has 0 saturated heterocycles. The van der Waals surface area contributed by atoms with Gasteiger partial charge in [-0.25, -0.2) is 0 Å². The smallest absolute Gasteiger partial charge is 0.253 e. The van der Waals surface area contributed by atoms with Gasteiger partial charge in [0.05, 0.1) is 5.56 Å². The number of pyridine rings is 1. The van der Waals surface area contributed by atoms with Gasteiger partial charge in [0.2, 0.25) is 5.91 Å². The van der Waals surface area contributed by atoms with Crippen molar-refractivity contribution in [3.63, 3.8) is 0 Å². The molecule has 3 rings (SSSR count). The highest BCUT2D eigenvalue weighted by Gasteiger charge is 2.22. The Balaban J connectivity index is 1.67. The van der Waals surface area contributed by atoms with E-state index in [9.17, 15) is 9.59 Å². The van der Waals surface area contributed by atoms with Gasteiger partial charge in [-0.1, -0.05) is 42.0 Å². The van der Waals surface area contributed by atoms with Crippen LogP contribution in [-0.2, 0) is 11.2 Å². The summed E-state index contributed by atoms with van der Waals surface area (Å²) in [4.78, 5) is 29.2. The molecule has 0 bridgehead atoms. The van der Waals surface area contributed by atoms with Gasteiger partial charge in [-0.05, 0) is 30.7 Å². The van der Waals surface area contributed by atoms with Gasteiger partial charge in [0, 0.05) is 31.9 Å². The van der Waals surface area contributed by atoms with Crippen molar-refractivity contribution in [2.24, 2.45) is 0 Å². The highest BCUT2D eigenvalue weighted by atomic mass is 16.2. The zero-order chi connectivity index (χ0) is 18.9. The van der Waals surface area contributed by atoms with Crippen LogP contribution in [0.25, 0.3) is 0 Å². The van der Waals surface area contributed by atoms with E-state index in [1.807, 2.05) is 30.3 Å². The lowest BCUT2D eigenvalue weighted by Crippen LogP contribution is -2.48. The summed E-state index contributed by atoms with van der Waals surface area (Å²) >= 11 is 0. The predicted octanol–water partition coefficient (Wildman–Crippen LogP) is 1.46. The first-order chi connectivity index (χ1) is 13.2. The lowest BCUT2D eigenvalue weighted by atomic mass is 10.0. The van der Waals surface area contributed by atoms with Gasteiger partial charge in [0.1, 0.15) is 6.04 Å². The van der Waals surface area contributed by atoms with Crippen LogP contribution in [0.15, 0.2) is 66.5 Å². The number of nitrogens with zero attached hydrogens (tertiary/aromatic N) is 1. The number of benzene rings is 1. The second-order valence-corrected chi connectivity index (χ2v) is 6.49. The largest absolute Gasteiger partial charge is 0.351 e. The van der Waals surface area contributed by atoms with E-state index in [-0.39, 0.29) is 11.8 Å². The number of aromatic nitrogens is 1. The molecule has 6 nitrogen and oxygen atoms in total. The second kappa shape index (κ2) is 9.64. The van der Waals surface area contributed by atoms with E-state index >= 15 is 0 Å². The first kappa shape index (κ1) is 18.8. The molecule has 1 atom stereocenters. The molecule has 140 valence electrons. The minimum Gasteiger partial charge on any atom is -0.351 e. The van der Waals surface area contributed by atoms with Gasteiger partial charge < -0.3 is 16.0 Å². The van der Waals surface area contributed by atoms with Crippen LogP contribution in [-0.4, -0.2) is 42.5 Å². The van der Waals surface area contributed by atoms with Crippen molar-refractivity contribution in [1.82, 2.24) is 20.9 Å². The Bertz CT molecular complexity index is 790. The molecule has 0 saturated carbocycles. The fourth-order valence-electron chi connectivity index (χ4n) is 2.95. The Morgan fingerprint density at radius 2 is 2.00 bits per heavy atom. The van der Waals surface area contributed by atoms with Gasteiger partial charge in [0.25, 0.3) is 5.91 Å². The Morgan fingerprint density at radius 3 is 2.70 bits per heavy atom. The van der Waals surface area contributed by atoms with Crippen molar-refractivity contribution >= 4 is 11.8 Å². The molecule has 27 heavy (non-hydrogen) atoms. The summed E-state index contributed by atoms with van der Waals surface area (Å²) < 4.78 is 0.